The van der Waals surface area contributed by atoms with E-state index in [1.807, 2.05) is 16.8 Å². The zero-order valence-electron chi connectivity index (χ0n) is 16.5. The second-order valence-electron chi connectivity index (χ2n) is 7.90. The van der Waals surface area contributed by atoms with Gasteiger partial charge in [-0.25, -0.2) is 4.98 Å². The van der Waals surface area contributed by atoms with E-state index >= 15 is 0 Å². The fraction of sp³-hybridized carbons (Fsp3) is 0.476. The van der Waals surface area contributed by atoms with Crippen LogP contribution >= 0.6 is 15.9 Å². The lowest BCUT2D eigenvalue weighted by Gasteiger charge is -2.37. The number of hydrogen-bond acceptors (Lipinski definition) is 6. The maximum absolute atomic E-state index is 4.91. The molecule has 7 nitrogen and oxygen atoms in total. The van der Waals surface area contributed by atoms with Crippen molar-refractivity contribution < 1.29 is 0 Å². The van der Waals surface area contributed by atoms with Gasteiger partial charge in [0.05, 0.1) is 10.7 Å². The van der Waals surface area contributed by atoms with Gasteiger partial charge in [-0.2, -0.15) is 9.61 Å². The molecule has 0 saturated carbocycles. The predicted octanol–water partition coefficient (Wildman–Crippen LogP) is 3.56. The molecule has 5 heterocycles. The molecule has 0 aromatic carbocycles. The highest BCUT2D eigenvalue weighted by Crippen LogP contribution is 2.28. The molecule has 8 heteroatoms. The molecule has 3 aromatic rings. The topological polar surface area (TPSA) is 61.6 Å². The average Bonchev–Trinajstić information content (AvgIpc) is 3.44. The Kier molecular flexibility index (Phi) is 5.37. The van der Waals surface area contributed by atoms with E-state index in [9.17, 15) is 0 Å². The molecule has 0 amide bonds. The molecule has 29 heavy (non-hydrogen) atoms. The molecule has 2 aliphatic rings. The van der Waals surface area contributed by atoms with Crippen LogP contribution in [0.2, 0.25) is 0 Å². The molecule has 3 aromatic heterocycles. The molecule has 0 aliphatic carbocycles. The van der Waals surface area contributed by atoms with Crippen molar-refractivity contribution in [3.8, 4) is 0 Å². The van der Waals surface area contributed by atoms with Crippen LogP contribution in [0.1, 0.15) is 31.2 Å². The number of fused-ring (bicyclic) bond motifs is 1. The SMILES string of the molecule is Brc1cnn2c(NCc3cccnc3)cc(N3CCC(N4CCCC4)CC3)nc12. The molecule has 152 valence electrons. The molecule has 5 rings (SSSR count). The number of hydrogen-bond donors (Lipinski definition) is 1. The van der Waals surface area contributed by atoms with Crippen molar-refractivity contribution >= 4 is 33.2 Å². The molecule has 1 N–H and O–H groups in total. The van der Waals surface area contributed by atoms with Gasteiger partial charge in [-0.15, -0.1) is 0 Å². The van der Waals surface area contributed by atoms with E-state index in [0.29, 0.717) is 6.54 Å². The van der Waals surface area contributed by atoms with Crippen LogP contribution in [0.3, 0.4) is 0 Å². The van der Waals surface area contributed by atoms with Gasteiger partial charge in [0.15, 0.2) is 5.65 Å². The summed E-state index contributed by atoms with van der Waals surface area (Å²) in [5.74, 6) is 1.97. The number of nitrogens with one attached hydrogen (secondary N) is 1. The summed E-state index contributed by atoms with van der Waals surface area (Å²) < 4.78 is 2.77. The van der Waals surface area contributed by atoms with Gasteiger partial charge < -0.3 is 15.1 Å². The predicted molar refractivity (Wildman–Crippen MR) is 118 cm³/mol. The molecule has 0 atom stereocenters. The van der Waals surface area contributed by atoms with Crippen molar-refractivity contribution in [3.05, 3.63) is 46.8 Å². The number of pyridine rings is 1. The van der Waals surface area contributed by atoms with Crippen molar-refractivity contribution in [2.45, 2.75) is 38.3 Å². The minimum Gasteiger partial charge on any atom is -0.366 e. The number of aromatic nitrogens is 4. The molecular formula is C21H26BrN7. The minimum absolute atomic E-state index is 0.695. The first-order valence-corrected chi connectivity index (χ1v) is 11.2. The lowest BCUT2D eigenvalue weighted by atomic mass is 10.0. The van der Waals surface area contributed by atoms with E-state index in [1.54, 1.807) is 12.4 Å². The third-order valence-corrected chi connectivity index (χ3v) is 6.62. The summed E-state index contributed by atoms with van der Waals surface area (Å²) >= 11 is 3.60. The van der Waals surface area contributed by atoms with Crippen LogP contribution in [0.15, 0.2) is 41.3 Å². The van der Waals surface area contributed by atoms with Gasteiger partial charge in [0.25, 0.3) is 0 Å². The average molecular weight is 456 g/mol. The summed E-state index contributed by atoms with van der Waals surface area (Å²) in [4.78, 5) is 14.2. The van der Waals surface area contributed by atoms with E-state index in [1.165, 1.54) is 38.8 Å². The van der Waals surface area contributed by atoms with E-state index in [-0.39, 0.29) is 0 Å². The highest BCUT2D eigenvalue weighted by atomic mass is 79.9. The molecule has 0 spiro atoms. The van der Waals surface area contributed by atoms with Crippen LogP contribution in [-0.2, 0) is 6.54 Å². The van der Waals surface area contributed by atoms with Crippen LogP contribution in [0.4, 0.5) is 11.6 Å². The van der Waals surface area contributed by atoms with Gasteiger partial charge in [-0.3, -0.25) is 4.98 Å². The Hall–Kier alpha value is -2.19. The van der Waals surface area contributed by atoms with Crippen LogP contribution < -0.4 is 10.2 Å². The largest absolute Gasteiger partial charge is 0.366 e. The van der Waals surface area contributed by atoms with Crippen LogP contribution in [0, 0.1) is 0 Å². The molecular weight excluding hydrogens is 430 g/mol. The quantitative estimate of drug-likeness (QED) is 0.634. The van der Waals surface area contributed by atoms with Gasteiger partial charge in [-0.05, 0) is 66.3 Å². The third kappa shape index (κ3) is 3.96. The molecule has 0 unspecified atom stereocenters. The van der Waals surface area contributed by atoms with Crippen molar-refractivity contribution in [1.29, 1.82) is 0 Å². The second kappa shape index (κ2) is 8.28. The Balaban J connectivity index is 1.36. The lowest BCUT2D eigenvalue weighted by molar-refractivity contribution is 0.207. The summed E-state index contributed by atoms with van der Waals surface area (Å²) in [5.41, 5.74) is 1.98. The highest BCUT2D eigenvalue weighted by molar-refractivity contribution is 9.10. The van der Waals surface area contributed by atoms with Gasteiger partial charge >= 0.3 is 0 Å². The smallest absolute Gasteiger partial charge is 0.173 e. The Labute approximate surface area is 179 Å². The Morgan fingerprint density at radius 2 is 1.93 bits per heavy atom. The van der Waals surface area contributed by atoms with Crippen molar-refractivity contribution in [2.75, 3.05) is 36.4 Å². The number of piperidine rings is 1. The summed E-state index contributed by atoms with van der Waals surface area (Å²) in [6.07, 6.45) is 10.6. The van der Waals surface area contributed by atoms with E-state index < -0.39 is 0 Å². The third-order valence-electron chi connectivity index (χ3n) is 6.06. The Bertz CT molecular complexity index is 960. The van der Waals surface area contributed by atoms with Gasteiger partial charge in [-0.1, -0.05) is 6.07 Å². The van der Waals surface area contributed by atoms with E-state index in [0.717, 1.165) is 46.5 Å². The number of halogens is 1. The fourth-order valence-corrected chi connectivity index (χ4v) is 4.82. The lowest BCUT2D eigenvalue weighted by Crippen LogP contribution is -2.44. The Morgan fingerprint density at radius 3 is 2.69 bits per heavy atom. The Morgan fingerprint density at radius 1 is 1.10 bits per heavy atom. The molecule has 2 fully saturated rings. The fourth-order valence-electron chi connectivity index (χ4n) is 4.47. The van der Waals surface area contributed by atoms with E-state index in [2.05, 4.69) is 53.3 Å². The van der Waals surface area contributed by atoms with Gasteiger partial charge in [0, 0.05) is 44.1 Å². The summed E-state index contributed by atoms with van der Waals surface area (Å²) in [6, 6.07) is 6.89. The normalized spacial score (nSPS) is 18.6. The van der Waals surface area contributed by atoms with Crippen LogP contribution in [0.25, 0.3) is 5.65 Å². The first-order valence-electron chi connectivity index (χ1n) is 10.4. The first kappa shape index (κ1) is 18.8. The number of rotatable bonds is 5. The molecule has 0 radical (unpaired) electrons. The number of likely N-dealkylation sites (tertiary alicyclic amines) is 1. The molecule has 2 aliphatic heterocycles. The van der Waals surface area contributed by atoms with Crippen molar-refractivity contribution in [3.63, 3.8) is 0 Å². The minimum atomic E-state index is 0.695. The zero-order chi connectivity index (χ0) is 19.6. The monoisotopic (exact) mass is 455 g/mol. The van der Waals surface area contributed by atoms with Crippen LogP contribution in [0.5, 0.6) is 0 Å². The van der Waals surface area contributed by atoms with Crippen LogP contribution in [-0.4, -0.2) is 56.7 Å². The summed E-state index contributed by atoms with van der Waals surface area (Å²) in [6.45, 7) is 5.36. The van der Waals surface area contributed by atoms with Gasteiger partial charge in [0.1, 0.15) is 11.6 Å². The first-order chi connectivity index (χ1) is 14.3. The van der Waals surface area contributed by atoms with E-state index in [4.69, 9.17) is 4.98 Å². The maximum Gasteiger partial charge on any atom is 0.173 e. The van der Waals surface area contributed by atoms with Crippen molar-refractivity contribution in [2.24, 2.45) is 0 Å². The zero-order valence-corrected chi connectivity index (χ0v) is 18.1. The van der Waals surface area contributed by atoms with Gasteiger partial charge in [0.2, 0.25) is 0 Å². The highest BCUT2D eigenvalue weighted by Gasteiger charge is 2.27. The summed E-state index contributed by atoms with van der Waals surface area (Å²) in [5, 5.41) is 8.00. The standard InChI is InChI=1S/C21H26BrN7/c22-18-15-25-29-19(24-14-16-4-3-7-23-13-16)12-20(26-21(18)29)28-10-5-17(6-11-28)27-8-1-2-9-27/h3-4,7,12-13,15,17,24H,1-2,5-6,8-11,14H2. The second-order valence-corrected chi connectivity index (χ2v) is 8.76. The maximum atomic E-state index is 4.91. The number of anilines is 2. The summed E-state index contributed by atoms with van der Waals surface area (Å²) in [7, 11) is 0. The molecule has 0 bridgehead atoms. The molecule has 2 saturated heterocycles. The van der Waals surface area contributed by atoms with Crippen molar-refractivity contribution in [1.82, 2.24) is 24.5 Å². The number of nitrogens with zero attached hydrogens (tertiary/aromatic N) is 6.